The number of fused-ring (bicyclic) bond motifs is 1. The van der Waals surface area contributed by atoms with Crippen LogP contribution in [0.4, 0.5) is 10.5 Å². The molecule has 0 saturated heterocycles. The van der Waals surface area contributed by atoms with Crippen molar-refractivity contribution in [3.8, 4) is 11.5 Å². The maximum Gasteiger partial charge on any atom is 0.322 e. The third-order valence-corrected chi connectivity index (χ3v) is 5.33. The molecular weight excluding hydrogens is 390 g/mol. The number of carbonyl (C=O) groups is 1. The molecule has 0 aliphatic carbocycles. The Kier molecular flexibility index (Phi) is 5.36. The molecule has 1 N–H and O–H groups in total. The van der Waals surface area contributed by atoms with Gasteiger partial charge in [0.2, 0.25) is 0 Å². The summed E-state index contributed by atoms with van der Waals surface area (Å²) in [5.74, 6) is 1.28. The average molecular weight is 412 g/mol. The number of methoxy groups -OCH3 is 2. The van der Waals surface area contributed by atoms with E-state index in [9.17, 15) is 4.79 Å². The number of rotatable bonds is 4. The van der Waals surface area contributed by atoms with E-state index in [0.29, 0.717) is 28.8 Å². The van der Waals surface area contributed by atoms with E-state index < -0.39 is 0 Å². The summed E-state index contributed by atoms with van der Waals surface area (Å²) in [4.78, 5) is 15.0. The lowest BCUT2D eigenvalue weighted by Crippen LogP contribution is -2.44. The zero-order chi connectivity index (χ0) is 20.4. The Bertz CT molecular complexity index is 1030. The van der Waals surface area contributed by atoms with E-state index in [2.05, 4.69) is 9.88 Å². The van der Waals surface area contributed by atoms with Gasteiger partial charge in [-0.3, -0.25) is 0 Å². The second kappa shape index (κ2) is 8.09. The molecule has 7 heteroatoms. The summed E-state index contributed by atoms with van der Waals surface area (Å²) in [6.07, 6.45) is 2.04. The highest BCUT2D eigenvalue weighted by molar-refractivity contribution is 6.30. The van der Waals surface area contributed by atoms with Crippen molar-refractivity contribution in [2.45, 2.75) is 12.6 Å². The number of nitrogens with zero attached hydrogens (tertiary/aromatic N) is 2. The molecule has 1 aromatic heterocycles. The normalized spacial score (nSPS) is 15.6. The minimum absolute atomic E-state index is 0.181. The van der Waals surface area contributed by atoms with E-state index in [1.54, 1.807) is 26.4 Å². The third kappa shape index (κ3) is 3.76. The Morgan fingerprint density at radius 2 is 1.86 bits per heavy atom. The molecule has 3 aromatic rings. The molecular formula is C22H22ClN3O3. The molecule has 4 rings (SSSR count). The number of carbonyl (C=O) groups excluding carboxylic acids is 1. The second-order valence-electron chi connectivity index (χ2n) is 6.78. The third-order valence-electron chi connectivity index (χ3n) is 5.10. The summed E-state index contributed by atoms with van der Waals surface area (Å²) in [5.41, 5.74) is 2.66. The average Bonchev–Trinajstić information content (AvgIpc) is 3.21. The molecule has 0 radical (unpaired) electrons. The molecule has 1 aliphatic rings. The largest absolute Gasteiger partial charge is 0.493 e. The lowest BCUT2D eigenvalue weighted by molar-refractivity contribution is 0.181. The topological polar surface area (TPSA) is 55.7 Å². The van der Waals surface area contributed by atoms with Gasteiger partial charge in [-0.05, 0) is 48.0 Å². The van der Waals surface area contributed by atoms with Gasteiger partial charge in [0, 0.05) is 35.7 Å². The summed E-state index contributed by atoms with van der Waals surface area (Å²) in [7, 11) is 3.21. The number of urea groups is 1. The standard InChI is InChI=1S/C22H22ClN3O3/c1-28-19-9-8-15(13-20(19)29-2)21-18-7-4-10-25(18)11-12-26(21)22(27)24-17-6-3-5-16(23)14-17/h3-10,13-14,21H,11-12H2,1-2H3,(H,24,27)/t21-/m1/s1. The fraction of sp³-hybridized carbons (Fsp3) is 0.227. The summed E-state index contributed by atoms with van der Waals surface area (Å²) in [6.45, 7) is 1.31. The summed E-state index contributed by atoms with van der Waals surface area (Å²) in [6, 6.07) is 16.5. The first-order chi connectivity index (χ1) is 14.1. The van der Waals surface area contributed by atoms with Crippen LogP contribution in [-0.2, 0) is 6.54 Å². The second-order valence-corrected chi connectivity index (χ2v) is 7.21. The van der Waals surface area contributed by atoms with Crippen molar-refractivity contribution < 1.29 is 14.3 Å². The maximum absolute atomic E-state index is 13.2. The Balaban J connectivity index is 1.70. The Morgan fingerprint density at radius 3 is 2.62 bits per heavy atom. The Labute approximate surface area is 174 Å². The van der Waals surface area contributed by atoms with E-state index in [4.69, 9.17) is 21.1 Å². The van der Waals surface area contributed by atoms with Crippen LogP contribution in [0, 0.1) is 0 Å². The van der Waals surface area contributed by atoms with Crippen molar-refractivity contribution in [3.05, 3.63) is 77.1 Å². The van der Waals surface area contributed by atoms with Gasteiger partial charge in [-0.2, -0.15) is 0 Å². The molecule has 6 nitrogen and oxygen atoms in total. The quantitative estimate of drug-likeness (QED) is 0.671. The van der Waals surface area contributed by atoms with Crippen molar-refractivity contribution in [1.82, 2.24) is 9.47 Å². The summed E-state index contributed by atoms with van der Waals surface area (Å²) in [5, 5.41) is 3.54. The number of ether oxygens (including phenoxy) is 2. The minimum Gasteiger partial charge on any atom is -0.493 e. The zero-order valence-corrected chi connectivity index (χ0v) is 17.0. The van der Waals surface area contributed by atoms with E-state index in [-0.39, 0.29) is 12.1 Å². The zero-order valence-electron chi connectivity index (χ0n) is 16.3. The SMILES string of the molecule is COc1ccc([C@@H]2c3cccn3CCN2C(=O)Nc2cccc(Cl)c2)cc1OC. The van der Waals surface area contributed by atoms with Crippen LogP contribution < -0.4 is 14.8 Å². The minimum atomic E-state index is -0.252. The molecule has 2 amide bonds. The van der Waals surface area contributed by atoms with Gasteiger partial charge in [-0.25, -0.2) is 4.79 Å². The number of nitrogens with one attached hydrogen (secondary N) is 1. The smallest absolute Gasteiger partial charge is 0.322 e. The number of benzene rings is 2. The summed E-state index contributed by atoms with van der Waals surface area (Å²) >= 11 is 6.06. The molecule has 0 bridgehead atoms. The van der Waals surface area contributed by atoms with Crippen LogP contribution in [0.15, 0.2) is 60.8 Å². The number of anilines is 1. The fourth-order valence-corrected chi connectivity index (χ4v) is 3.93. The van der Waals surface area contributed by atoms with Crippen molar-refractivity contribution in [1.29, 1.82) is 0 Å². The van der Waals surface area contributed by atoms with Crippen LogP contribution in [0.5, 0.6) is 11.5 Å². The van der Waals surface area contributed by atoms with Gasteiger partial charge >= 0.3 is 6.03 Å². The highest BCUT2D eigenvalue weighted by Gasteiger charge is 2.32. The fourth-order valence-electron chi connectivity index (χ4n) is 3.74. The van der Waals surface area contributed by atoms with Crippen LogP contribution in [-0.4, -0.2) is 36.3 Å². The van der Waals surface area contributed by atoms with Crippen molar-refractivity contribution in [2.24, 2.45) is 0 Å². The molecule has 1 atom stereocenters. The molecule has 0 unspecified atom stereocenters. The van der Waals surface area contributed by atoms with Crippen LogP contribution in [0.2, 0.25) is 5.02 Å². The summed E-state index contributed by atoms with van der Waals surface area (Å²) < 4.78 is 13.0. The van der Waals surface area contributed by atoms with Crippen molar-refractivity contribution in [2.75, 3.05) is 26.1 Å². The first-order valence-electron chi connectivity index (χ1n) is 9.31. The van der Waals surface area contributed by atoms with Gasteiger partial charge in [0.1, 0.15) is 0 Å². The number of aromatic nitrogens is 1. The van der Waals surface area contributed by atoms with E-state index >= 15 is 0 Å². The monoisotopic (exact) mass is 411 g/mol. The number of halogens is 1. The van der Waals surface area contributed by atoms with E-state index in [1.807, 2.05) is 53.6 Å². The van der Waals surface area contributed by atoms with Crippen LogP contribution in [0.25, 0.3) is 0 Å². The van der Waals surface area contributed by atoms with Crippen molar-refractivity contribution >= 4 is 23.3 Å². The Hall–Kier alpha value is -3.12. The lowest BCUT2D eigenvalue weighted by Gasteiger charge is -2.37. The van der Waals surface area contributed by atoms with Gasteiger partial charge < -0.3 is 24.3 Å². The molecule has 0 saturated carbocycles. The van der Waals surface area contributed by atoms with Crippen LogP contribution in [0.1, 0.15) is 17.3 Å². The Morgan fingerprint density at radius 1 is 1.03 bits per heavy atom. The first-order valence-corrected chi connectivity index (χ1v) is 9.68. The van der Waals surface area contributed by atoms with Crippen molar-refractivity contribution in [3.63, 3.8) is 0 Å². The highest BCUT2D eigenvalue weighted by atomic mass is 35.5. The predicted octanol–water partition coefficient (Wildman–Crippen LogP) is 4.80. The van der Waals surface area contributed by atoms with E-state index in [0.717, 1.165) is 17.8 Å². The molecule has 1 aliphatic heterocycles. The van der Waals surface area contributed by atoms with Gasteiger partial charge in [-0.1, -0.05) is 23.7 Å². The first kappa shape index (κ1) is 19.2. The van der Waals surface area contributed by atoms with Gasteiger partial charge in [0.15, 0.2) is 11.5 Å². The molecule has 29 heavy (non-hydrogen) atoms. The van der Waals surface area contributed by atoms with Gasteiger partial charge in [-0.15, -0.1) is 0 Å². The molecule has 150 valence electrons. The number of amides is 2. The molecule has 2 aromatic carbocycles. The predicted molar refractivity (Wildman–Crippen MR) is 113 cm³/mol. The number of hydrogen-bond acceptors (Lipinski definition) is 3. The van der Waals surface area contributed by atoms with Crippen LogP contribution >= 0.6 is 11.6 Å². The van der Waals surface area contributed by atoms with Crippen LogP contribution in [0.3, 0.4) is 0 Å². The van der Waals surface area contributed by atoms with E-state index in [1.165, 1.54) is 0 Å². The lowest BCUT2D eigenvalue weighted by atomic mass is 9.99. The number of hydrogen-bond donors (Lipinski definition) is 1. The maximum atomic E-state index is 13.2. The molecule has 2 heterocycles. The van der Waals surface area contributed by atoms with Gasteiger partial charge in [0.25, 0.3) is 0 Å². The molecule has 0 spiro atoms. The highest BCUT2D eigenvalue weighted by Crippen LogP contribution is 2.37. The van der Waals surface area contributed by atoms with Gasteiger partial charge in [0.05, 0.1) is 20.3 Å². The molecule has 0 fully saturated rings.